The lowest BCUT2D eigenvalue weighted by Crippen LogP contribution is -2.37. The minimum absolute atomic E-state index is 0.160. The van der Waals surface area contributed by atoms with E-state index < -0.39 is 0 Å². The van der Waals surface area contributed by atoms with Crippen molar-refractivity contribution in [3.63, 3.8) is 0 Å². The molecule has 27 heavy (non-hydrogen) atoms. The first-order valence-electron chi connectivity index (χ1n) is 9.16. The average Bonchev–Trinajstić information content (AvgIpc) is 2.62. The molecule has 0 atom stereocenters. The van der Waals surface area contributed by atoms with Gasteiger partial charge in [0.1, 0.15) is 0 Å². The van der Waals surface area contributed by atoms with Crippen molar-refractivity contribution in [1.82, 2.24) is 9.88 Å². The van der Waals surface area contributed by atoms with Gasteiger partial charge in [0, 0.05) is 35.7 Å². The Hall–Kier alpha value is -3.08. The lowest BCUT2D eigenvalue weighted by molar-refractivity contribution is 0.202. The van der Waals surface area contributed by atoms with Crippen molar-refractivity contribution in [3.8, 4) is 0 Å². The molecule has 0 aliphatic rings. The van der Waals surface area contributed by atoms with Gasteiger partial charge in [-0.1, -0.05) is 50.2 Å². The predicted molar refractivity (Wildman–Crippen MR) is 110 cm³/mol. The standard InChI is InChI=1S/C22H25N3O2/c1-15(2)13-25(22(27)24-19-10-6-4-8-16(19)3)14-17-12-21(26)23-20-11-7-5-9-18(17)20/h4-12,15H,13-14H2,1-3H3,(H,23,26)(H,24,27). The van der Waals surface area contributed by atoms with E-state index in [0.29, 0.717) is 19.0 Å². The van der Waals surface area contributed by atoms with Gasteiger partial charge in [-0.25, -0.2) is 4.79 Å². The lowest BCUT2D eigenvalue weighted by atomic mass is 10.1. The van der Waals surface area contributed by atoms with Crippen LogP contribution in [0.1, 0.15) is 25.0 Å². The Labute approximate surface area is 159 Å². The van der Waals surface area contributed by atoms with E-state index in [1.807, 2.05) is 55.5 Å². The molecular weight excluding hydrogens is 338 g/mol. The van der Waals surface area contributed by atoms with Gasteiger partial charge in [0.05, 0.1) is 0 Å². The van der Waals surface area contributed by atoms with Crippen LogP contribution in [-0.4, -0.2) is 22.5 Å². The number of rotatable bonds is 5. The van der Waals surface area contributed by atoms with Gasteiger partial charge in [0.25, 0.3) is 0 Å². The van der Waals surface area contributed by atoms with Gasteiger partial charge in [0.2, 0.25) is 5.56 Å². The van der Waals surface area contributed by atoms with Gasteiger partial charge in [-0.3, -0.25) is 4.79 Å². The summed E-state index contributed by atoms with van der Waals surface area (Å²) in [7, 11) is 0. The normalized spacial score (nSPS) is 11.0. The maximum absolute atomic E-state index is 13.0. The maximum atomic E-state index is 13.0. The zero-order valence-electron chi connectivity index (χ0n) is 16.0. The summed E-state index contributed by atoms with van der Waals surface area (Å²) in [5, 5.41) is 3.95. The van der Waals surface area contributed by atoms with Crippen LogP contribution in [0.2, 0.25) is 0 Å². The summed E-state index contributed by atoms with van der Waals surface area (Å²) in [4.78, 5) is 29.6. The highest BCUT2D eigenvalue weighted by Gasteiger charge is 2.18. The molecule has 3 rings (SSSR count). The maximum Gasteiger partial charge on any atom is 0.322 e. The Morgan fingerprint density at radius 2 is 1.81 bits per heavy atom. The van der Waals surface area contributed by atoms with Gasteiger partial charge in [-0.2, -0.15) is 0 Å². The number of amides is 2. The van der Waals surface area contributed by atoms with Gasteiger partial charge < -0.3 is 15.2 Å². The number of aromatic nitrogens is 1. The molecule has 0 spiro atoms. The number of aryl methyl sites for hydroxylation is 1. The van der Waals surface area contributed by atoms with Crippen LogP contribution in [0.5, 0.6) is 0 Å². The van der Waals surface area contributed by atoms with Crippen LogP contribution in [0.25, 0.3) is 10.9 Å². The van der Waals surface area contributed by atoms with Crippen molar-refractivity contribution >= 4 is 22.6 Å². The van der Waals surface area contributed by atoms with Crippen molar-refractivity contribution in [2.75, 3.05) is 11.9 Å². The highest BCUT2D eigenvalue weighted by Crippen LogP contribution is 2.19. The Morgan fingerprint density at radius 1 is 1.11 bits per heavy atom. The molecule has 2 N–H and O–H groups in total. The minimum Gasteiger partial charge on any atom is -0.322 e. The number of hydrogen-bond acceptors (Lipinski definition) is 2. The number of pyridine rings is 1. The van der Waals surface area contributed by atoms with E-state index >= 15 is 0 Å². The van der Waals surface area contributed by atoms with Crippen LogP contribution in [0.3, 0.4) is 0 Å². The molecule has 0 saturated heterocycles. The fraction of sp³-hybridized carbons (Fsp3) is 0.273. The van der Waals surface area contributed by atoms with E-state index in [0.717, 1.165) is 27.7 Å². The molecule has 1 heterocycles. The fourth-order valence-electron chi connectivity index (χ4n) is 3.18. The monoisotopic (exact) mass is 363 g/mol. The van der Waals surface area contributed by atoms with Crippen LogP contribution in [0.4, 0.5) is 10.5 Å². The van der Waals surface area contributed by atoms with Crippen LogP contribution in [0, 0.1) is 12.8 Å². The van der Waals surface area contributed by atoms with Crippen LogP contribution >= 0.6 is 0 Å². The number of anilines is 1. The number of urea groups is 1. The molecule has 5 nitrogen and oxygen atoms in total. The SMILES string of the molecule is Cc1ccccc1NC(=O)N(Cc1cc(=O)[nH]c2ccccc12)CC(C)C. The molecule has 0 saturated carbocycles. The zero-order valence-corrected chi connectivity index (χ0v) is 16.0. The largest absolute Gasteiger partial charge is 0.322 e. The molecule has 140 valence electrons. The number of para-hydroxylation sites is 2. The third-order valence-electron chi connectivity index (χ3n) is 4.46. The molecule has 0 unspecified atom stereocenters. The first kappa shape index (κ1) is 18.7. The summed E-state index contributed by atoms with van der Waals surface area (Å²) in [6.45, 7) is 7.08. The van der Waals surface area contributed by atoms with E-state index in [2.05, 4.69) is 24.1 Å². The first-order valence-corrected chi connectivity index (χ1v) is 9.16. The average molecular weight is 363 g/mol. The molecule has 0 radical (unpaired) electrons. The van der Waals surface area contributed by atoms with Crippen LogP contribution < -0.4 is 10.9 Å². The van der Waals surface area contributed by atoms with Crippen molar-refractivity contribution < 1.29 is 4.79 Å². The first-order chi connectivity index (χ1) is 12.9. The number of nitrogens with zero attached hydrogens (tertiary/aromatic N) is 1. The Bertz CT molecular complexity index is 1010. The second-order valence-corrected chi connectivity index (χ2v) is 7.22. The molecule has 2 amide bonds. The van der Waals surface area contributed by atoms with Gasteiger partial charge in [0.15, 0.2) is 0 Å². The summed E-state index contributed by atoms with van der Waals surface area (Å²) in [6, 6.07) is 16.8. The third kappa shape index (κ3) is 4.56. The number of carbonyl (C=O) groups is 1. The van der Waals surface area contributed by atoms with Crippen LogP contribution in [-0.2, 0) is 6.54 Å². The summed E-state index contributed by atoms with van der Waals surface area (Å²) >= 11 is 0. The Morgan fingerprint density at radius 3 is 2.56 bits per heavy atom. The summed E-state index contributed by atoms with van der Waals surface area (Å²) in [5.41, 5.74) is 3.27. The zero-order chi connectivity index (χ0) is 19.4. The molecule has 5 heteroatoms. The van der Waals surface area contributed by atoms with Crippen molar-refractivity contribution in [2.24, 2.45) is 5.92 Å². The third-order valence-corrected chi connectivity index (χ3v) is 4.46. The Kier molecular flexibility index (Phi) is 5.60. The van der Waals surface area contributed by atoms with E-state index in [9.17, 15) is 9.59 Å². The quantitative estimate of drug-likeness (QED) is 0.700. The van der Waals surface area contributed by atoms with E-state index in [-0.39, 0.29) is 11.6 Å². The Balaban J connectivity index is 1.91. The lowest BCUT2D eigenvalue weighted by Gasteiger charge is -2.26. The minimum atomic E-state index is -0.164. The summed E-state index contributed by atoms with van der Waals surface area (Å²) < 4.78 is 0. The van der Waals surface area contributed by atoms with E-state index in [4.69, 9.17) is 0 Å². The number of hydrogen-bond donors (Lipinski definition) is 2. The summed E-state index contributed by atoms with van der Waals surface area (Å²) in [5.74, 6) is 0.306. The molecule has 1 aromatic heterocycles. The van der Waals surface area contributed by atoms with Gasteiger partial charge >= 0.3 is 6.03 Å². The molecular formula is C22H25N3O2. The predicted octanol–water partition coefficient (Wildman–Crippen LogP) is 4.53. The number of carbonyl (C=O) groups excluding carboxylic acids is 1. The molecule has 0 bridgehead atoms. The summed E-state index contributed by atoms with van der Waals surface area (Å²) in [6.07, 6.45) is 0. The van der Waals surface area contributed by atoms with Gasteiger partial charge in [-0.15, -0.1) is 0 Å². The van der Waals surface area contributed by atoms with Gasteiger partial charge in [-0.05, 0) is 36.1 Å². The van der Waals surface area contributed by atoms with Crippen molar-refractivity contribution in [1.29, 1.82) is 0 Å². The second kappa shape index (κ2) is 8.08. The number of H-pyrrole nitrogens is 1. The van der Waals surface area contributed by atoms with Crippen molar-refractivity contribution in [3.05, 3.63) is 76.1 Å². The number of fused-ring (bicyclic) bond motifs is 1. The topological polar surface area (TPSA) is 65.2 Å². The second-order valence-electron chi connectivity index (χ2n) is 7.22. The van der Waals surface area contributed by atoms with E-state index in [1.54, 1.807) is 11.0 Å². The highest BCUT2D eigenvalue weighted by atomic mass is 16.2. The number of benzene rings is 2. The molecule has 0 aliphatic heterocycles. The number of nitrogens with one attached hydrogen (secondary N) is 2. The molecule has 0 fully saturated rings. The van der Waals surface area contributed by atoms with E-state index in [1.165, 1.54) is 0 Å². The highest BCUT2D eigenvalue weighted by molar-refractivity contribution is 5.90. The molecule has 2 aromatic carbocycles. The van der Waals surface area contributed by atoms with Crippen LogP contribution in [0.15, 0.2) is 59.4 Å². The fourth-order valence-corrected chi connectivity index (χ4v) is 3.18. The smallest absolute Gasteiger partial charge is 0.322 e. The van der Waals surface area contributed by atoms with Crippen molar-refractivity contribution in [2.45, 2.75) is 27.3 Å². The molecule has 0 aliphatic carbocycles. The number of aromatic amines is 1. The molecule has 3 aromatic rings.